The number of amides is 1. The van der Waals surface area contributed by atoms with Gasteiger partial charge in [-0.1, -0.05) is 13.8 Å². The Morgan fingerprint density at radius 3 is 2.35 bits per heavy atom. The number of fused-ring (bicyclic) bond motifs is 1. The van der Waals surface area contributed by atoms with Gasteiger partial charge in [0.05, 0.1) is 16.5 Å². The first-order valence-corrected chi connectivity index (χ1v) is 12.0. The minimum Gasteiger partial charge on any atom is -0.352 e. The molecule has 4 atom stereocenters. The highest BCUT2D eigenvalue weighted by atomic mass is 32.2. The van der Waals surface area contributed by atoms with E-state index in [1.54, 1.807) is 7.05 Å². The molecular weight excluding hydrogens is 431 g/mol. The van der Waals surface area contributed by atoms with E-state index in [0.717, 1.165) is 37.1 Å². The number of likely N-dealkylation sites (N-methyl/N-ethyl adjacent to an activating group) is 1. The maximum Gasteiger partial charge on any atom is 0.416 e. The summed E-state index contributed by atoms with van der Waals surface area (Å²) in [6.45, 7) is 4.67. The SMILES string of the molecule is CN[C@@H](CC(C)C)C(=O)N[C@H]1CC[C@H]2CN(S(=O)(=O)c3ccc(C(F)(F)F)cc3)C[C@H]21. The second kappa shape index (κ2) is 9.07. The zero-order valence-electron chi connectivity index (χ0n) is 17.9. The number of alkyl halides is 3. The van der Waals surface area contributed by atoms with Gasteiger partial charge in [0.25, 0.3) is 0 Å². The van der Waals surface area contributed by atoms with Gasteiger partial charge in [0, 0.05) is 19.1 Å². The molecule has 1 amide bonds. The van der Waals surface area contributed by atoms with Crippen molar-refractivity contribution in [3.8, 4) is 0 Å². The summed E-state index contributed by atoms with van der Waals surface area (Å²) in [7, 11) is -2.14. The van der Waals surface area contributed by atoms with E-state index in [-0.39, 0.29) is 41.3 Å². The van der Waals surface area contributed by atoms with Crippen LogP contribution in [0.5, 0.6) is 0 Å². The molecule has 174 valence electrons. The van der Waals surface area contributed by atoms with Gasteiger partial charge < -0.3 is 10.6 Å². The smallest absolute Gasteiger partial charge is 0.352 e. The lowest BCUT2D eigenvalue weighted by Gasteiger charge is -2.25. The molecule has 1 aliphatic heterocycles. The maximum atomic E-state index is 13.0. The van der Waals surface area contributed by atoms with Crippen LogP contribution in [0.2, 0.25) is 0 Å². The minimum absolute atomic E-state index is 0.00438. The summed E-state index contributed by atoms with van der Waals surface area (Å²) in [6.07, 6.45) is -2.20. The minimum atomic E-state index is -4.51. The molecule has 0 spiro atoms. The first-order chi connectivity index (χ1) is 14.4. The van der Waals surface area contributed by atoms with Gasteiger partial charge in [-0.15, -0.1) is 0 Å². The van der Waals surface area contributed by atoms with Gasteiger partial charge in [-0.25, -0.2) is 8.42 Å². The van der Waals surface area contributed by atoms with Crippen molar-refractivity contribution < 1.29 is 26.4 Å². The van der Waals surface area contributed by atoms with Gasteiger partial charge in [-0.05, 0) is 68.3 Å². The highest BCUT2D eigenvalue weighted by Gasteiger charge is 2.47. The molecule has 1 aliphatic carbocycles. The number of halogens is 3. The quantitative estimate of drug-likeness (QED) is 0.655. The van der Waals surface area contributed by atoms with Crippen LogP contribution < -0.4 is 10.6 Å². The third kappa shape index (κ3) is 5.23. The summed E-state index contributed by atoms with van der Waals surface area (Å²) in [5.74, 6) is 0.415. The third-order valence-corrected chi connectivity index (χ3v) is 8.19. The summed E-state index contributed by atoms with van der Waals surface area (Å²) in [4.78, 5) is 12.5. The van der Waals surface area contributed by atoms with Crippen LogP contribution >= 0.6 is 0 Å². The topological polar surface area (TPSA) is 78.5 Å². The number of benzene rings is 1. The molecule has 2 fully saturated rings. The fourth-order valence-corrected chi connectivity index (χ4v) is 6.21. The van der Waals surface area contributed by atoms with Crippen molar-refractivity contribution in [1.82, 2.24) is 14.9 Å². The Hall–Kier alpha value is -1.65. The molecule has 0 aromatic heterocycles. The molecule has 0 unspecified atom stereocenters. The zero-order valence-corrected chi connectivity index (χ0v) is 18.8. The van der Waals surface area contributed by atoms with Gasteiger partial charge in [0.1, 0.15) is 0 Å². The number of nitrogens with one attached hydrogen (secondary N) is 2. The normalized spacial score (nSPS) is 25.6. The van der Waals surface area contributed by atoms with Crippen LogP contribution in [0.4, 0.5) is 13.2 Å². The fraction of sp³-hybridized carbons (Fsp3) is 0.667. The van der Waals surface area contributed by atoms with E-state index in [9.17, 15) is 26.4 Å². The summed E-state index contributed by atoms with van der Waals surface area (Å²) < 4.78 is 65.6. The first kappa shape index (κ1) is 24.0. The molecule has 0 bridgehead atoms. The van der Waals surface area contributed by atoms with Crippen LogP contribution in [0.3, 0.4) is 0 Å². The fourth-order valence-electron chi connectivity index (χ4n) is 4.68. The molecule has 1 aromatic carbocycles. The van der Waals surface area contributed by atoms with E-state index >= 15 is 0 Å². The average Bonchev–Trinajstić information content (AvgIpc) is 3.27. The third-order valence-electron chi connectivity index (χ3n) is 6.34. The van der Waals surface area contributed by atoms with Crippen molar-refractivity contribution >= 4 is 15.9 Å². The average molecular weight is 462 g/mol. The lowest BCUT2D eigenvalue weighted by atomic mass is 9.97. The van der Waals surface area contributed by atoms with Gasteiger partial charge in [-0.2, -0.15) is 17.5 Å². The van der Waals surface area contributed by atoms with E-state index in [0.29, 0.717) is 18.9 Å². The predicted molar refractivity (Wildman–Crippen MR) is 111 cm³/mol. The molecule has 1 saturated carbocycles. The summed E-state index contributed by atoms with van der Waals surface area (Å²) in [5.41, 5.74) is -0.881. The van der Waals surface area contributed by atoms with E-state index in [2.05, 4.69) is 10.6 Å². The number of nitrogens with zero attached hydrogens (tertiary/aromatic N) is 1. The summed E-state index contributed by atoms with van der Waals surface area (Å²) in [5, 5.41) is 6.13. The van der Waals surface area contributed by atoms with E-state index < -0.39 is 21.8 Å². The van der Waals surface area contributed by atoms with Crippen LogP contribution in [0, 0.1) is 17.8 Å². The molecule has 2 N–H and O–H groups in total. The van der Waals surface area contributed by atoms with Crippen molar-refractivity contribution in [2.75, 3.05) is 20.1 Å². The van der Waals surface area contributed by atoms with Gasteiger partial charge >= 0.3 is 6.18 Å². The Kier molecular flexibility index (Phi) is 7.02. The van der Waals surface area contributed by atoms with Crippen molar-refractivity contribution in [1.29, 1.82) is 0 Å². The van der Waals surface area contributed by atoms with Crippen molar-refractivity contribution in [3.63, 3.8) is 0 Å². The first-order valence-electron chi connectivity index (χ1n) is 10.6. The van der Waals surface area contributed by atoms with Gasteiger partial charge in [-0.3, -0.25) is 4.79 Å². The number of hydrogen-bond donors (Lipinski definition) is 2. The Bertz CT molecular complexity index is 887. The largest absolute Gasteiger partial charge is 0.416 e. The lowest BCUT2D eigenvalue weighted by molar-refractivity contribution is -0.137. The highest BCUT2D eigenvalue weighted by Crippen LogP contribution is 2.40. The Labute approximate surface area is 181 Å². The molecule has 6 nitrogen and oxygen atoms in total. The molecule has 3 rings (SSSR count). The molecular formula is C21H30F3N3O3S. The monoisotopic (exact) mass is 461 g/mol. The van der Waals surface area contributed by atoms with Crippen LogP contribution in [0.15, 0.2) is 29.2 Å². The van der Waals surface area contributed by atoms with Crippen molar-refractivity contribution in [2.45, 2.75) is 56.3 Å². The highest BCUT2D eigenvalue weighted by molar-refractivity contribution is 7.89. The number of hydrogen-bond acceptors (Lipinski definition) is 4. The second-order valence-corrected chi connectivity index (χ2v) is 10.9. The number of carbonyl (C=O) groups excluding carboxylic acids is 1. The second-order valence-electron chi connectivity index (χ2n) is 8.93. The van der Waals surface area contributed by atoms with E-state index in [1.165, 1.54) is 4.31 Å². The molecule has 0 radical (unpaired) electrons. The maximum absolute atomic E-state index is 13.0. The van der Waals surface area contributed by atoms with Gasteiger partial charge in [0.2, 0.25) is 15.9 Å². The summed E-state index contributed by atoms with van der Waals surface area (Å²) in [6, 6.07) is 3.20. The van der Waals surface area contributed by atoms with E-state index in [1.807, 2.05) is 13.8 Å². The molecule has 1 aromatic rings. The molecule has 10 heteroatoms. The molecule has 1 heterocycles. The van der Waals surface area contributed by atoms with Crippen LogP contribution in [0.25, 0.3) is 0 Å². The van der Waals surface area contributed by atoms with Crippen molar-refractivity contribution in [3.05, 3.63) is 29.8 Å². The zero-order chi connectivity index (χ0) is 23.0. The number of carbonyl (C=O) groups is 1. The van der Waals surface area contributed by atoms with Crippen LogP contribution in [-0.4, -0.2) is 50.9 Å². The predicted octanol–water partition coefficient (Wildman–Crippen LogP) is 2.85. The Morgan fingerprint density at radius 2 is 1.81 bits per heavy atom. The molecule has 2 aliphatic rings. The number of rotatable bonds is 7. The standard InChI is InChI=1S/C21H30F3N3O3S/c1-13(2)10-19(25-3)20(28)26-18-9-4-14-11-27(12-17(14)18)31(29,30)16-7-5-15(6-8-16)21(22,23)24/h5-8,13-14,17-19,25H,4,9-12H2,1-3H3,(H,26,28)/t14-,17+,18-,19-/m0/s1. The number of sulfonamides is 1. The molecule has 1 saturated heterocycles. The lowest BCUT2D eigenvalue weighted by Crippen LogP contribution is -2.49. The van der Waals surface area contributed by atoms with Crippen LogP contribution in [0.1, 0.15) is 38.7 Å². The Balaban J connectivity index is 1.68. The summed E-state index contributed by atoms with van der Waals surface area (Å²) >= 11 is 0. The van der Waals surface area contributed by atoms with Crippen LogP contribution in [-0.2, 0) is 21.0 Å². The van der Waals surface area contributed by atoms with E-state index in [4.69, 9.17) is 0 Å². The van der Waals surface area contributed by atoms with Gasteiger partial charge in [0.15, 0.2) is 0 Å². The molecule has 31 heavy (non-hydrogen) atoms. The Morgan fingerprint density at radius 1 is 1.16 bits per heavy atom. The van der Waals surface area contributed by atoms with Crippen molar-refractivity contribution in [2.24, 2.45) is 17.8 Å².